The predicted molar refractivity (Wildman–Crippen MR) is 78.3 cm³/mol. The standard InChI is InChI=1S/C14H13Cl2FN2/c15-11-5-2-6-12(16)14(11)13(8-18)19-10-4-1-3-9(17)7-10/h1-7,13,19H,8,18H2. The molecule has 2 nitrogen and oxygen atoms in total. The molecule has 0 heterocycles. The van der Waals surface area contributed by atoms with Gasteiger partial charge < -0.3 is 11.1 Å². The number of nitrogens with two attached hydrogens (primary N) is 1. The van der Waals surface area contributed by atoms with Gasteiger partial charge in [-0.15, -0.1) is 0 Å². The molecule has 5 heteroatoms. The SMILES string of the molecule is NCC(Nc1cccc(F)c1)c1c(Cl)cccc1Cl. The largest absolute Gasteiger partial charge is 0.377 e. The molecule has 0 aliphatic heterocycles. The fourth-order valence-electron chi connectivity index (χ4n) is 1.87. The Morgan fingerprint density at radius 1 is 1.11 bits per heavy atom. The summed E-state index contributed by atoms with van der Waals surface area (Å²) in [6, 6.07) is 11.2. The topological polar surface area (TPSA) is 38.0 Å². The highest BCUT2D eigenvalue weighted by Crippen LogP contribution is 2.31. The molecule has 2 aromatic carbocycles. The first-order valence-electron chi connectivity index (χ1n) is 5.78. The number of hydrogen-bond donors (Lipinski definition) is 2. The van der Waals surface area contributed by atoms with Gasteiger partial charge in [-0.1, -0.05) is 35.3 Å². The third kappa shape index (κ3) is 3.38. The van der Waals surface area contributed by atoms with Crippen molar-refractivity contribution < 1.29 is 4.39 Å². The van der Waals surface area contributed by atoms with Crippen molar-refractivity contribution in [2.24, 2.45) is 5.73 Å². The van der Waals surface area contributed by atoms with Crippen molar-refractivity contribution in [2.75, 3.05) is 11.9 Å². The highest BCUT2D eigenvalue weighted by molar-refractivity contribution is 6.36. The highest BCUT2D eigenvalue weighted by Gasteiger charge is 2.16. The Kier molecular flexibility index (Phi) is 4.64. The van der Waals surface area contributed by atoms with Crippen molar-refractivity contribution in [2.45, 2.75) is 6.04 Å². The minimum Gasteiger partial charge on any atom is -0.377 e. The van der Waals surface area contributed by atoms with Crippen LogP contribution in [0.1, 0.15) is 11.6 Å². The lowest BCUT2D eigenvalue weighted by Crippen LogP contribution is -2.21. The zero-order valence-electron chi connectivity index (χ0n) is 10.0. The fourth-order valence-corrected chi connectivity index (χ4v) is 2.53. The summed E-state index contributed by atoms with van der Waals surface area (Å²) in [5.74, 6) is -0.314. The van der Waals surface area contributed by atoms with Crippen molar-refractivity contribution in [3.05, 3.63) is 63.9 Å². The first kappa shape index (κ1) is 14.1. The highest BCUT2D eigenvalue weighted by atomic mass is 35.5. The molecule has 3 N–H and O–H groups in total. The number of hydrogen-bond acceptors (Lipinski definition) is 2. The maximum absolute atomic E-state index is 13.2. The van der Waals surface area contributed by atoms with Crippen LogP contribution in [0.4, 0.5) is 10.1 Å². The molecule has 2 aromatic rings. The zero-order chi connectivity index (χ0) is 13.8. The van der Waals surface area contributed by atoms with Gasteiger partial charge in [-0.2, -0.15) is 0 Å². The van der Waals surface area contributed by atoms with E-state index < -0.39 is 0 Å². The fraction of sp³-hybridized carbons (Fsp3) is 0.143. The first-order chi connectivity index (χ1) is 9.11. The van der Waals surface area contributed by atoms with E-state index in [0.29, 0.717) is 22.3 Å². The van der Waals surface area contributed by atoms with Gasteiger partial charge in [0.25, 0.3) is 0 Å². The molecule has 19 heavy (non-hydrogen) atoms. The lowest BCUT2D eigenvalue weighted by Gasteiger charge is -2.21. The number of halogens is 3. The second-order valence-corrected chi connectivity index (χ2v) is 4.89. The van der Waals surface area contributed by atoms with Crippen molar-refractivity contribution in [3.63, 3.8) is 0 Å². The summed E-state index contributed by atoms with van der Waals surface area (Å²) >= 11 is 12.3. The summed E-state index contributed by atoms with van der Waals surface area (Å²) in [7, 11) is 0. The number of anilines is 1. The van der Waals surface area contributed by atoms with Gasteiger partial charge in [0, 0.05) is 27.8 Å². The van der Waals surface area contributed by atoms with Crippen LogP contribution in [-0.2, 0) is 0 Å². The smallest absolute Gasteiger partial charge is 0.125 e. The van der Waals surface area contributed by atoms with E-state index in [1.165, 1.54) is 12.1 Å². The Morgan fingerprint density at radius 3 is 2.32 bits per heavy atom. The zero-order valence-corrected chi connectivity index (χ0v) is 11.5. The molecule has 0 spiro atoms. The van der Waals surface area contributed by atoms with Crippen LogP contribution in [0.2, 0.25) is 10.0 Å². The summed E-state index contributed by atoms with van der Waals surface area (Å²) in [5.41, 5.74) is 7.11. The summed E-state index contributed by atoms with van der Waals surface area (Å²) in [5, 5.41) is 4.20. The first-order valence-corrected chi connectivity index (χ1v) is 6.53. The van der Waals surface area contributed by atoms with E-state index in [9.17, 15) is 4.39 Å². The van der Waals surface area contributed by atoms with Crippen molar-refractivity contribution >= 4 is 28.9 Å². The third-order valence-electron chi connectivity index (χ3n) is 2.75. The molecule has 100 valence electrons. The molecule has 2 rings (SSSR count). The molecule has 0 bridgehead atoms. The van der Waals surface area contributed by atoms with Crippen LogP contribution in [-0.4, -0.2) is 6.54 Å². The quantitative estimate of drug-likeness (QED) is 0.886. The molecule has 0 saturated carbocycles. The molecule has 1 atom stereocenters. The molecular weight excluding hydrogens is 286 g/mol. The Bertz CT molecular complexity index is 555. The average Bonchev–Trinajstić information content (AvgIpc) is 2.37. The van der Waals surface area contributed by atoms with E-state index in [-0.39, 0.29) is 11.9 Å². The molecule has 0 aliphatic carbocycles. The van der Waals surface area contributed by atoms with Crippen LogP contribution < -0.4 is 11.1 Å². The van der Waals surface area contributed by atoms with Crippen LogP contribution in [0, 0.1) is 5.82 Å². The molecular formula is C14H13Cl2FN2. The van der Waals surface area contributed by atoms with Gasteiger partial charge in [0.1, 0.15) is 5.82 Å². The van der Waals surface area contributed by atoms with Crippen LogP contribution in [0.5, 0.6) is 0 Å². The van der Waals surface area contributed by atoms with E-state index in [2.05, 4.69) is 5.32 Å². The van der Waals surface area contributed by atoms with Gasteiger partial charge in [0.2, 0.25) is 0 Å². The van der Waals surface area contributed by atoms with Gasteiger partial charge in [0.05, 0.1) is 6.04 Å². The van der Waals surface area contributed by atoms with E-state index in [4.69, 9.17) is 28.9 Å². The van der Waals surface area contributed by atoms with E-state index in [0.717, 1.165) is 5.56 Å². The van der Waals surface area contributed by atoms with Crippen LogP contribution >= 0.6 is 23.2 Å². The molecule has 0 radical (unpaired) electrons. The van der Waals surface area contributed by atoms with E-state index in [1.807, 2.05) is 0 Å². The van der Waals surface area contributed by atoms with Gasteiger partial charge in [0.15, 0.2) is 0 Å². The van der Waals surface area contributed by atoms with Crippen molar-refractivity contribution in [1.82, 2.24) is 0 Å². The maximum Gasteiger partial charge on any atom is 0.125 e. The lowest BCUT2D eigenvalue weighted by atomic mass is 10.1. The summed E-state index contributed by atoms with van der Waals surface area (Å²) in [6.45, 7) is 0.292. The Morgan fingerprint density at radius 2 is 1.74 bits per heavy atom. The maximum atomic E-state index is 13.2. The minimum atomic E-state index is -0.314. The summed E-state index contributed by atoms with van der Waals surface area (Å²) < 4.78 is 13.2. The molecule has 0 aliphatic rings. The summed E-state index contributed by atoms with van der Waals surface area (Å²) in [4.78, 5) is 0. The Hall–Kier alpha value is -1.29. The van der Waals surface area contributed by atoms with Gasteiger partial charge in [-0.25, -0.2) is 4.39 Å². The normalized spacial score (nSPS) is 12.2. The summed E-state index contributed by atoms with van der Waals surface area (Å²) in [6.07, 6.45) is 0. The Labute approximate surface area is 121 Å². The van der Waals surface area contributed by atoms with Crippen LogP contribution in [0.25, 0.3) is 0 Å². The number of nitrogens with one attached hydrogen (secondary N) is 1. The van der Waals surface area contributed by atoms with Crippen LogP contribution in [0.15, 0.2) is 42.5 Å². The number of rotatable bonds is 4. The van der Waals surface area contributed by atoms with Crippen molar-refractivity contribution in [1.29, 1.82) is 0 Å². The molecule has 0 saturated heterocycles. The van der Waals surface area contributed by atoms with Crippen molar-refractivity contribution in [3.8, 4) is 0 Å². The van der Waals surface area contributed by atoms with Gasteiger partial charge in [-0.3, -0.25) is 0 Å². The Balaban J connectivity index is 2.30. The second-order valence-electron chi connectivity index (χ2n) is 4.08. The molecule has 0 aromatic heterocycles. The predicted octanol–water partition coefficient (Wildman–Crippen LogP) is 4.24. The number of benzene rings is 2. The average molecular weight is 299 g/mol. The van der Waals surface area contributed by atoms with E-state index >= 15 is 0 Å². The third-order valence-corrected chi connectivity index (χ3v) is 3.41. The second kappa shape index (κ2) is 6.24. The van der Waals surface area contributed by atoms with Gasteiger partial charge >= 0.3 is 0 Å². The monoisotopic (exact) mass is 298 g/mol. The lowest BCUT2D eigenvalue weighted by molar-refractivity contribution is 0.627. The minimum absolute atomic E-state index is 0.275. The van der Waals surface area contributed by atoms with Crippen LogP contribution in [0.3, 0.4) is 0 Å². The molecule has 0 fully saturated rings. The van der Waals surface area contributed by atoms with E-state index in [1.54, 1.807) is 30.3 Å². The molecule has 0 amide bonds. The molecule has 1 unspecified atom stereocenters. The van der Waals surface area contributed by atoms with Gasteiger partial charge in [-0.05, 0) is 30.3 Å².